The zero-order chi connectivity index (χ0) is 21.0. The van der Waals surface area contributed by atoms with Gasteiger partial charge in [-0.1, -0.05) is 5.92 Å². The van der Waals surface area contributed by atoms with Crippen molar-refractivity contribution < 1.29 is 14.2 Å². The van der Waals surface area contributed by atoms with Crippen LogP contribution in [0.1, 0.15) is 37.2 Å². The Morgan fingerprint density at radius 2 is 2.10 bits per heavy atom. The lowest BCUT2D eigenvalue weighted by molar-refractivity contribution is -0.0214. The fourth-order valence-electron chi connectivity index (χ4n) is 3.90. The second-order valence-corrected chi connectivity index (χ2v) is 8.23. The third-order valence-corrected chi connectivity index (χ3v) is 5.83. The highest BCUT2D eigenvalue weighted by Gasteiger charge is 2.38. The van der Waals surface area contributed by atoms with Crippen molar-refractivity contribution in [3.05, 3.63) is 35.7 Å². The maximum absolute atomic E-state index is 14.6. The summed E-state index contributed by atoms with van der Waals surface area (Å²) < 4.78 is 22.0. The Morgan fingerprint density at radius 3 is 2.77 bits per heavy atom. The topological polar surface area (TPSA) is 99.1 Å². The van der Waals surface area contributed by atoms with Crippen molar-refractivity contribution in [2.45, 2.75) is 38.3 Å². The van der Waals surface area contributed by atoms with Crippen molar-refractivity contribution in [1.29, 1.82) is 0 Å². The normalized spacial score (nSPS) is 18.5. The number of nitrogen functional groups attached to an aromatic ring is 1. The van der Waals surface area contributed by atoms with Crippen LogP contribution in [0.15, 0.2) is 18.5 Å². The molecule has 4 heterocycles. The summed E-state index contributed by atoms with van der Waals surface area (Å²) in [7, 11) is 0. The Kier molecular flexibility index (Phi) is 4.27. The van der Waals surface area contributed by atoms with Crippen LogP contribution in [-0.4, -0.2) is 43.4 Å². The fraction of sp³-hybridized carbons (Fsp3) is 0.409. The minimum absolute atomic E-state index is 0.00514. The lowest BCUT2D eigenvalue weighted by Gasteiger charge is -2.28. The second kappa shape index (κ2) is 6.76. The Morgan fingerprint density at radius 1 is 1.33 bits per heavy atom. The number of nitrogens with two attached hydrogens (primary N) is 1. The largest absolute Gasteiger partial charge is 0.378 e. The maximum Gasteiger partial charge on any atom is 0.220 e. The van der Waals surface area contributed by atoms with Crippen molar-refractivity contribution in [2.24, 2.45) is 5.92 Å². The number of hydrogen-bond acceptors (Lipinski definition) is 6. The van der Waals surface area contributed by atoms with E-state index in [4.69, 9.17) is 10.5 Å². The molecule has 2 fully saturated rings. The molecule has 1 unspecified atom stereocenters. The number of aliphatic hydroxyl groups is 1. The number of anilines is 1. The van der Waals surface area contributed by atoms with Crippen LogP contribution < -0.4 is 5.73 Å². The molecule has 0 bridgehead atoms. The number of pyridine rings is 1. The highest BCUT2D eigenvalue weighted by atomic mass is 19.1. The molecule has 1 saturated heterocycles. The molecule has 0 spiro atoms. The van der Waals surface area contributed by atoms with Gasteiger partial charge in [0.2, 0.25) is 5.95 Å². The van der Waals surface area contributed by atoms with Crippen molar-refractivity contribution >= 4 is 16.9 Å². The molecular weight excluding hydrogens is 385 g/mol. The monoisotopic (exact) mass is 407 g/mol. The number of ether oxygens (including phenoxy) is 1. The molecule has 3 aromatic rings. The molecule has 30 heavy (non-hydrogen) atoms. The molecule has 1 aliphatic carbocycles. The van der Waals surface area contributed by atoms with Crippen molar-refractivity contribution in [1.82, 2.24) is 19.5 Å². The minimum atomic E-state index is -1.03. The Hall–Kier alpha value is -3.02. The first-order chi connectivity index (χ1) is 14.3. The zero-order valence-electron chi connectivity index (χ0n) is 16.8. The van der Waals surface area contributed by atoms with E-state index in [1.54, 1.807) is 6.92 Å². The Balaban J connectivity index is 1.70. The number of aryl methyl sites for hydroxylation is 1. The van der Waals surface area contributed by atoms with Crippen LogP contribution >= 0.6 is 0 Å². The van der Waals surface area contributed by atoms with Crippen molar-refractivity contribution in [2.75, 3.05) is 18.9 Å². The van der Waals surface area contributed by atoms with Crippen LogP contribution in [0.2, 0.25) is 0 Å². The van der Waals surface area contributed by atoms with Gasteiger partial charge in [0.15, 0.2) is 5.82 Å². The average molecular weight is 407 g/mol. The summed E-state index contributed by atoms with van der Waals surface area (Å²) in [6.07, 6.45) is 4.92. The first kappa shape index (κ1) is 19.0. The van der Waals surface area contributed by atoms with Crippen LogP contribution in [-0.2, 0) is 4.74 Å². The Bertz CT molecular complexity index is 1220. The van der Waals surface area contributed by atoms with Gasteiger partial charge in [0.05, 0.1) is 36.7 Å². The van der Waals surface area contributed by atoms with Gasteiger partial charge in [0.25, 0.3) is 0 Å². The van der Waals surface area contributed by atoms with E-state index < -0.39 is 11.4 Å². The van der Waals surface area contributed by atoms with E-state index in [-0.39, 0.29) is 23.6 Å². The highest BCUT2D eigenvalue weighted by molar-refractivity contribution is 5.97. The predicted molar refractivity (Wildman–Crippen MR) is 110 cm³/mol. The molecule has 1 aliphatic heterocycles. The molecular formula is C22H22FN5O2. The van der Waals surface area contributed by atoms with Gasteiger partial charge in [-0.3, -0.25) is 0 Å². The van der Waals surface area contributed by atoms with E-state index in [9.17, 15) is 9.50 Å². The number of hydrogen-bond donors (Lipinski definition) is 2. The van der Waals surface area contributed by atoms with Crippen LogP contribution in [0.5, 0.6) is 0 Å². The van der Waals surface area contributed by atoms with E-state index in [2.05, 4.69) is 31.4 Å². The van der Waals surface area contributed by atoms with Crippen LogP contribution in [0.25, 0.3) is 22.2 Å². The number of nitrogens with zero attached hydrogens (tertiary/aromatic N) is 4. The van der Waals surface area contributed by atoms with Gasteiger partial charge in [0, 0.05) is 17.1 Å². The Labute approximate surface area is 173 Å². The van der Waals surface area contributed by atoms with Crippen LogP contribution in [0.4, 0.5) is 10.3 Å². The first-order valence-corrected chi connectivity index (χ1v) is 9.97. The number of aromatic nitrogens is 4. The van der Waals surface area contributed by atoms with Gasteiger partial charge < -0.3 is 20.1 Å². The molecule has 2 aliphatic rings. The predicted octanol–water partition coefficient (Wildman–Crippen LogP) is 2.61. The van der Waals surface area contributed by atoms with E-state index in [0.29, 0.717) is 24.5 Å². The number of halogens is 1. The maximum atomic E-state index is 14.6. The van der Waals surface area contributed by atoms with Gasteiger partial charge in [-0.15, -0.1) is 0 Å². The van der Waals surface area contributed by atoms with Crippen molar-refractivity contribution in [3.63, 3.8) is 0 Å². The van der Waals surface area contributed by atoms with Gasteiger partial charge in [-0.2, -0.15) is 0 Å². The van der Waals surface area contributed by atoms with Gasteiger partial charge in [0.1, 0.15) is 17.0 Å². The highest BCUT2D eigenvalue weighted by Crippen LogP contribution is 2.39. The fourth-order valence-corrected chi connectivity index (χ4v) is 3.90. The summed E-state index contributed by atoms with van der Waals surface area (Å²) in [6.45, 7) is 4.81. The molecule has 1 saturated carbocycles. The van der Waals surface area contributed by atoms with E-state index in [1.165, 1.54) is 0 Å². The van der Waals surface area contributed by atoms with E-state index in [0.717, 1.165) is 35.6 Å². The molecule has 0 amide bonds. The standard InChI is InChI=1S/C22H22FN5O2/c1-12-20-16(7-14(26-12)5-6-22(2,29)13-3-4-13)17(9-28(20)15-10-30-11-15)19-18(23)8-25-21(24)27-19/h7-9,13,15,29H,3-4,10-11H2,1-2H3,(H2,24,25,27). The van der Waals surface area contributed by atoms with Crippen LogP contribution in [0, 0.1) is 30.5 Å². The third kappa shape index (κ3) is 3.20. The van der Waals surface area contributed by atoms with Crippen molar-refractivity contribution in [3.8, 4) is 23.1 Å². The molecule has 0 aromatic carbocycles. The molecule has 154 valence electrons. The van der Waals surface area contributed by atoms with Gasteiger partial charge in [-0.25, -0.2) is 19.3 Å². The first-order valence-electron chi connectivity index (χ1n) is 9.97. The minimum Gasteiger partial charge on any atom is -0.378 e. The van der Waals surface area contributed by atoms with Gasteiger partial charge in [-0.05, 0) is 44.6 Å². The molecule has 0 radical (unpaired) electrons. The third-order valence-electron chi connectivity index (χ3n) is 5.83. The molecule has 7 nitrogen and oxygen atoms in total. The zero-order valence-corrected chi connectivity index (χ0v) is 16.8. The quantitative estimate of drug-likeness (QED) is 0.648. The van der Waals surface area contributed by atoms with E-state index in [1.807, 2.05) is 19.2 Å². The summed E-state index contributed by atoms with van der Waals surface area (Å²) in [5, 5.41) is 11.3. The number of fused-ring (bicyclic) bond motifs is 1. The summed E-state index contributed by atoms with van der Waals surface area (Å²) in [6, 6.07) is 1.97. The average Bonchev–Trinajstić information content (AvgIpc) is 3.45. The molecule has 5 rings (SSSR count). The van der Waals surface area contributed by atoms with Gasteiger partial charge >= 0.3 is 0 Å². The smallest absolute Gasteiger partial charge is 0.220 e. The molecule has 8 heteroatoms. The lowest BCUT2D eigenvalue weighted by atomic mass is 10.0. The molecule has 1 atom stereocenters. The lowest BCUT2D eigenvalue weighted by Crippen LogP contribution is -2.30. The second-order valence-electron chi connectivity index (χ2n) is 8.23. The number of rotatable bonds is 3. The SMILES string of the molecule is Cc1nc(C#CC(C)(O)C2CC2)cc2c(-c3nc(N)ncc3F)cn(C3COC3)c12. The molecule has 3 N–H and O–H groups in total. The van der Waals surface area contributed by atoms with Crippen LogP contribution in [0.3, 0.4) is 0 Å². The summed E-state index contributed by atoms with van der Waals surface area (Å²) >= 11 is 0. The van der Waals surface area contributed by atoms with E-state index >= 15 is 0 Å². The summed E-state index contributed by atoms with van der Waals surface area (Å²) in [5.74, 6) is 5.64. The molecule has 3 aromatic heterocycles. The summed E-state index contributed by atoms with van der Waals surface area (Å²) in [4.78, 5) is 12.5. The summed E-state index contributed by atoms with van der Waals surface area (Å²) in [5.41, 5.74) is 7.61.